The number of carbonyl (C=O) groups is 2. The molecule has 0 spiro atoms. The maximum atomic E-state index is 13.4. The first-order chi connectivity index (χ1) is 10.5. The van der Waals surface area contributed by atoms with Crippen molar-refractivity contribution in [2.45, 2.75) is 6.92 Å². The van der Waals surface area contributed by atoms with E-state index in [1.165, 1.54) is 25.1 Å². The lowest BCUT2D eigenvalue weighted by Gasteiger charge is -2.05. The summed E-state index contributed by atoms with van der Waals surface area (Å²) in [4.78, 5) is 22.7. The second-order valence-corrected chi connectivity index (χ2v) is 4.60. The van der Waals surface area contributed by atoms with Crippen LogP contribution in [0.5, 0.6) is 0 Å². The van der Waals surface area contributed by atoms with E-state index in [-0.39, 0.29) is 17.6 Å². The molecule has 0 aliphatic heterocycles. The lowest BCUT2D eigenvalue weighted by Crippen LogP contribution is -2.08. The molecule has 2 aromatic carbocycles. The molecular formula is C17H15FN2O2. The lowest BCUT2D eigenvalue weighted by atomic mass is 10.2. The van der Waals surface area contributed by atoms with Crippen molar-refractivity contribution in [3.8, 4) is 0 Å². The summed E-state index contributed by atoms with van der Waals surface area (Å²) in [5.74, 6) is -0.911. The molecule has 0 saturated heterocycles. The standard InChI is InChI=1S/C17H15FN2O2/c1-12(21)19-14-7-9-15(10-8-14)20-17(22)11-6-13-4-2-3-5-16(13)18/h2-11H,1H3,(H,19,21)(H,20,22). The van der Waals surface area contributed by atoms with Gasteiger partial charge < -0.3 is 10.6 Å². The van der Waals surface area contributed by atoms with E-state index in [1.807, 2.05) is 0 Å². The Morgan fingerprint density at radius 1 is 0.955 bits per heavy atom. The van der Waals surface area contributed by atoms with Crippen molar-refractivity contribution in [3.63, 3.8) is 0 Å². The van der Waals surface area contributed by atoms with Crippen LogP contribution in [0.1, 0.15) is 12.5 Å². The fraction of sp³-hybridized carbons (Fsp3) is 0.0588. The van der Waals surface area contributed by atoms with Crippen LogP contribution in [-0.4, -0.2) is 11.8 Å². The van der Waals surface area contributed by atoms with E-state index in [1.54, 1.807) is 42.5 Å². The van der Waals surface area contributed by atoms with Crippen molar-refractivity contribution in [1.29, 1.82) is 0 Å². The highest BCUT2D eigenvalue weighted by Gasteiger charge is 2.01. The predicted molar refractivity (Wildman–Crippen MR) is 84.8 cm³/mol. The molecule has 2 rings (SSSR count). The van der Waals surface area contributed by atoms with Gasteiger partial charge in [-0.05, 0) is 36.4 Å². The molecule has 2 amide bonds. The maximum Gasteiger partial charge on any atom is 0.248 e. The van der Waals surface area contributed by atoms with Crippen molar-refractivity contribution in [2.75, 3.05) is 10.6 Å². The Morgan fingerprint density at radius 2 is 1.55 bits per heavy atom. The number of anilines is 2. The molecule has 0 aromatic heterocycles. The van der Waals surface area contributed by atoms with Crippen LogP contribution in [0.25, 0.3) is 6.08 Å². The van der Waals surface area contributed by atoms with Gasteiger partial charge in [0.1, 0.15) is 5.82 Å². The first-order valence-corrected chi connectivity index (χ1v) is 6.66. The predicted octanol–water partition coefficient (Wildman–Crippen LogP) is 3.44. The van der Waals surface area contributed by atoms with Crippen LogP contribution in [0.4, 0.5) is 15.8 Å². The number of halogens is 1. The van der Waals surface area contributed by atoms with Crippen molar-refractivity contribution in [2.24, 2.45) is 0 Å². The summed E-state index contributed by atoms with van der Waals surface area (Å²) in [5, 5.41) is 5.28. The summed E-state index contributed by atoms with van der Waals surface area (Å²) < 4.78 is 13.4. The summed E-state index contributed by atoms with van der Waals surface area (Å²) in [6.07, 6.45) is 2.68. The zero-order chi connectivity index (χ0) is 15.9. The van der Waals surface area contributed by atoms with Gasteiger partial charge in [0, 0.05) is 29.9 Å². The number of benzene rings is 2. The molecule has 0 saturated carbocycles. The van der Waals surface area contributed by atoms with Gasteiger partial charge in [-0.3, -0.25) is 9.59 Å². The van der Waals surface area contributed by atoms with E-state index < -0.39 is 0 Å². The Morgan fingerprint density at radius 3 is 2.14 bits per heavy atom. The molecule has 0 aliphatic carbocycles. The van der Waals surface area contributed by atoms with Crippen molar-refractivity contribution in [3.05, 3.63) is 66.0 Å². The normalized spacial score (nSPS) is 10.5. The molecule has 112 valence electrons. The number of amides is 2. The summed E-state index contributed by atoms with van der Waals surface area (Å²) in [6.45, 7) is 1.42. The zero-order valence-corrected chi connectivity index (χ0v) is 12.0. The molecular weight excluding hydrogens is 283 g/mol. The summed E-state index contributed by atoms with van der Waals surface area (Å²) in [7, 11) is 0. The number of nitrogens with one attached hydrogen (secondary N) is 2. The average Bonchev–Trinajstić information content (AvgIpc) is 2.48. The highest BCUT2D eigenvalue weighted by Crippen LogP contribution is 2.14. The van der Waals surface area contributed by atoms with Crippen LogP contribution in [0, 0.1) is 5.82 Å². The van der Waals surface area contributed by atoms with E-state index in [2.05, 4.69) is 10.6 Å². The molecule has 0 radical (unpaired) electrons. The first kappa shape index (κ1) is 15.4. The molecule has 0 bridgehead atoms. The van der Waals surface area contributed by atoms with Crippen molar-refractivity contribution in [1.82, 2.24) is 0 Å². The minimum atomic E-state index is -0.383. The van der Waals surface area contributed by atoms with Gasteiger partial charge in [-0.25, -0.2) is 4.39 Å². The Balaban J connectivity index is 1.97. The number of hydrogen-bond donors (Lipinski definition) is 2. The van der Waals surface area contributed by atoms with E-state index >= 15 is 0 Å². The number of rotatable bonds is 4. The Kier molecular flexibility index (Phi) is 5.03. The first-order valence-electron chi connectivity index (χ1n) is 6.66. The SMILES string of the molecule is CC(=O)Nc1ccc(NC(=O)C=Cc2ccccc2F)cc1. The average molecular weight is 298 g/mol. The van der Waals surface area contributed by atoms with Gasteiger partial charge in [0.2, 0.25) is 11.8 Å². The largest absolute Gasteiger partial charge is 0.326 e. The van der Waals surface area contributed by atoms with Gasteiger partial charge in [-0.15, -0.1) is 0 Å². The smallest absolute Gasteiger partial charge is 0.248 e. The van der Waals surface area contributed by atoms with Crippen LogP contribution in [0.2, 0.25) is 0 Å². The third kappa shape index (κ3) is 4.56. The molecule has 22 heavy (non-hydrogen) atoms. The summed E-state index contributed by atoms with van der Waals surface area (Å²) in [6, 6.07) is 12.9. The Labute approximate surface area is 127 Å². The summed E-state index contributed by atoms with van der Waals surface area (Å²) >= 11 is 0. The second-order valence-electron chi connectivity index (χ2n) is 4.60. The van der Waals surface area contributed by atoms with Crippen molar-refractivity contribution < 1.29 is 14.0 Å². The van der Waals surface area contributed by atoms with E-state index in [0.717, 1.165) is 0 Å². The third-order valence-corrected chi connectivity index (χ3v) is 2.79. The van der Waals surface area contributed by atoms with Gasteiger partial charge in [0.15, 0.2) is 0 Å². The monoisotopic (exact) mass is 298 g/mol. The number of hydrogen-bond acceptors (Lipinski definition) is 2. The molecule has 0 atom stereocenters. The Hall–Kier alpha value is -2.95. The Bertz CT molecular complexity index is 709. The van der Waals surface area contributed by atoms with Crippen LogP contribution >= 0.6 is 0 Å². The van der Waals surface area contributed by atoms with Gasteiger partial charge in [-0.1, -0.05) is 18.2 Å². The topological polar surface area (TPSA) is 58.2 Å². The molecule has 0 fully saturated rings. The third-order valence-electron chi connectivity index (χ3n) is 2.79. The molecule has 0 unspecified atom stereocenters. The highest BCUT2D eigenvalue weighted by atomic mass is 19.1. The van der Waals surface area contributed by atoms with Crippen LogP contribution in [0.15, 0.2) is 54.6 Å². The summed E-state index contributed by atoms with van der Waals surface area (Å²) in [5.41, 5.74) is 1.57. The molecule has 2 N–H and O–H groups in total. The van der Waals surface area contributed by atoms with Gasteiger partial charge in [0.05, 0.1) is 0 Å². The zero-order valence-electron chi connectivity index (χ0n) is 12.0. The van der Waals surface area contributed by atoms with E-state index in [9.17, 15) is 14.0 Å². The molecule has 0 aliphatic rings. The van der Waals surface area contributed by atoms with Gasteiger partial charge in [-0.2, -0.15) is 0 Å². The van der Waals surface area contributed by atoms with Crippen LogP contribution < -0.4 is 10.6 Å². The lowest BCUT2D eigenvalue weighted by molar-refractivity contribution is -0.114. The number of carbonyl (C=O) groups excluding carboxylic acids is 2. The van der Waals surface area contributed by atoms with E-state index in [4.69, 9.17) is 0 Å². The maximum absolute atomic E-state index is 13.4. The molecule has 2 aromatic rings. The van der Waals surface area contributed by atoms with Gasteiger partial charge >= 0.3 is 0 Å². The quantitative estimate of drug-likeness (QED) is 0.850. The second kappa shape index (κ2) is 7.17. The molecule has 0 heterocycles. The minimum absolute atomic E-state index is 0.162. The minimum Gasteiger partial charge on any atom is -0.326 e. The van der Waals surface area contributed by atoms with E-state index in [0.29, 0.717) is 16.9 Å². The molecule has 5 heteroatoms. The van der Waals surface area contributed by atoms with Crippen LogP contribution in [-0.2, 0) is 9.59 Å². The van der Waals surface area contributed by atoms with Gasteiger partial charge in [0.25, 0.3) is 0 Å². The van der Waals surface area contributed by atoms with Crippen LogP contribution in [0.3, 0.4) is 0 Å². The molecule has 4 nitrogen and oxygen atoms in total. The fourth-order valence-electron chi connectivity index (χ4n) is 1.80. The fourth-order valence-corrected chi connectivity index (χ4v) is 1.80. The van der Waals surface area contributed by atoms with Crippen molar-refractivity contribution >= 4 is 29.3 Å². The highest BCUT2D eigenvalue weighted by molar-refractivity contribution is 6.02.